The average molecular weight is 274 g/mol. The Hall–Kier alpha value is -1.51. The van der Waals surface area contributed by atoms with Crippen LogP contribution in [0.15, 0.2) is 24.3 Å². The second kappa shape index (κ2) is 6.29. The van der Waals surface area contributed by atoms with Crippen molar-refractivity contribution in [2.75, 3.05) is 12.3 Å². The molecule has 3 nitrogen and oxygen atoms in total. The molecule has 1 aromatic rings. The number of hydrogen-bond acceptors (Lipinski definition) is 2. The first-order valence-corrected chi connectivity index (χ1v) is 7.60. The maximum atomic E-state index is 12.0. The van der Waals surface area contributed by atoms with Gasteiger partial charge in [0.1, 0.15) is 0 Å². The van der Waals surface area contributed by atoms with Crippen molar-refractivity contribution in [3.63, 3.8) is 0 Å². The zero-order valence-corrected chi connectivity index (χ0v) is 12.6. The van der Waals surface area contributed by atoms with Gasteiger partial charge >= 0.3 is 0 Å². The molecule has 1 saturated carbocycles. The van der Waals surface area contributed by atoms with Crippen molar-refractivity contribution in [1.29, 1.82) is 0 Å². The molecule has 1 aliphatic rings. The molecule has 0 spiro atoms. The molecular weight excluding hydrogens is 248 g/mol. The molecule has 3 heteroatoms. The normalized spacial score (nSPS) is 16.8. The first-order valence-electron chi connectivity index (χ1n) is 7.60. The monoisotopic (exact) mass is 274 g/mol. The molecule has 0 atom stereocenters. The smallest absolute Gasteiger partial charge is 0.224 e. The molecule has 0 bridgehead atoms. The fourth-order valence-electron chi connectivity index (χ4n) is 3.17. The van der Waals surface area contributed by atoms with Crippen molar-refractivity contribution in [1.82, 2.24) is 5.32 Å². The van der Waals surface area contributed by atoms with E-state index in [0.29, 0.717) is 17.8 Å². The lowest BCUT2D eigenvalue weighted by Crippen LogP contribution is -2.43. The van der Waals surface area contributed by atoms with E-state index in [1.807, 2.05) is 24.3 Å². The number of nitrogens with two attached hydrogens (primary N) is 1. The summed E-state index contributed by atoms with van der Waals surface area (Å²) in [6.45, 7) is 5.35. The highest BCUT2D eigenvalue weighted by molar-refractivity contribution is 5.78. The Morgan fingerprint density at radius 3 is 2.45 bits per heavy atom. The summed E-state index contributed by atoms with van der Waals surface area (Å²) in [4.78, 5) is 12.0. The third kappa shape index (κ3) is 3.99. The number of nitrogen functional groups attached to an aromatic ring is 1. The van der Waals surface area contributed by atoms with E-state index in [1.54, 1.807) is 0 Å². The van der Waals surface area contributed by atoms with Gasteiger partial charge in [0.2, 0.25) is 5.91 Å². The van der Waals surface area contributed by atoms with Crippen molar-refractivity contribution in [3.8, 4) is 0 Å². The Morgan fingerprint density at radius 2 is 1.95 bits per heavy atom. The second-order valence-electron chi connectivity index (χ2n) is 6.65. The van der Waals surface area contributed by atoms with E-state index >= 15 is 0 Å². The van der Waals surface area contributed by atoms with Crippen LogP contribution in [0.4, 0.5) is 5.69 Å². The van der Waals surface area contributed by atoms with Gasteiger partial charge in [-0.25, -0.2) is 0 Å². The summed E-state index contributed by atoms with van der Waals surface area (Å²) in [6, 6.07) is 7.52. The Morgan fingerprint density at radius 1 is 1.30 bits per heavy atom. The molecule has 0 heterocycles. The van der Waals surface area contributed by atoms with E-state index in [4.69, 9.17) is 5.73 Å². The molecule has 2 rings (SSSR count). The van der Waals surface area contributed by atoms with Crippen LogP contribution in [0.25, 0.3) is 0 Å². The molecule has 0 aliphatic heterocycles. The Bertz CT molecular complexity index is 447. The minimum absolute atomic E-state index is 0.116. The molecule has 0 radical (unpaired) electrons. The van der Waals surface area contributed by atoms with Gasteiger partial charge in [-0.05, 0) is 48.3 Å². The standard InChI is InChI=1S/C17H26N2O/c1-13(2)11-17(8-3-9-17)12-19-16(20)10-14-4-6-15(18)7-5-14/h4-7,13H,3,8-12,18H2,1-2H3,(H,19,20). The van der Waals surface area contributed by atoms with Crippen LogP contribution in [-0.4, -0.2) is 12.5 Å². The predicted octanol–water partition coefficient (Wildman–Crippen LogP) is 3.14. The summed E-state index contributed by atoms with van der Waals surface area (Å²) in [7, 11) is 0. The van der Waals surface area contributed by atoms with Crippen LogP contribution < -0.4 is 11.1 Å². The molecule has 1 fully saturated rings. The minimum Gasteiger partial charge on any atom is -0.399 e. The van der Waals surface area contributed by atoms with E-state index in [-0.39, 0.29) is 5.91 Å². The van der Waals surface area contributed by atoms with Gasteiger partial charge in [0.05, 0.1) is 6.42 Å². The van der Waals surface area contributed by atoms with E-state index in [2.05, 4.69) is 19.2 Å². The summed E-state index contributed by atoms with van der Waals surface area (Å²) >= 11 is 0. The molecule has 0 unspecified atom stereocenters. The SMILES string of the molecule is CC(C)CC1(CNC(=O)Cc2ccc(N)cc2)CCC1. The first-order chi connectivity index (χ1) is 9.49. The van der Waals surface area contributed by atoms with Crippen LogP contribution in [0.1, 0.15) is 45.1 Å². The molecular formula is C17H26N2O. The van der Waals surface area contributed by atoms with Crippen LogP contribution in [-0.2, 0) is 11.2 Å². The second-order valence-corrected chi connectivity index (χ2v) is 6.65. The molecule has 0 aromatic heterocycles. The van der Waals surface area contributed by atoms with Crippen LogP contribution >= 0.6 is 0 Å². The molecule has 1 aromatic carbocycles. The van der Waals surface area contributed by atoms with Crippen molar-refractivity contribution >= 4 is 11.6 Å². The third-order valence-electron chi connectivity index (χ3n) is 4.26. The average Bonchev–Trinajstić information content (AvgIpc) is 2.35. The maximum Gasteiger partial charge on any atom is 0.224 e. The Labute approximate surface area is 121 Å². The van der Waals surface area contributed by atoms with Crippen LogP contribution in [0, 0.1) is 11.3 Å². The zero-order valence-electron chi connectivity index (χ0n) is 12.6. The lowest BCUT2D eigenvalue weighted by atomic mass is 9.64. The summed E-state index contributed by atoms with van der Waals surface area (Å²) in [5.41, 5.74) is 7.76. The van der Waals surface area contributed by atoms with Gasteiger partial charge in [-0.2, -0.15) is 0 Å². The highest BCUT2D eigenvalue weighted by Crippen LogP contribution is 2.45. The molecule has 3 N–H and O–H groups in total. The summed E-state index contributed by atoms with van der Waals surface area (Å²) in [5, 5.41) is 3.12. The predicted molar refractivity (Wildman–Crippen MR) is 83.3 cm³/mol. The molecule has 0 saturated heterocycles. The van der Waals surface area contributed by atoms with E-state index in [1.165, 1.54) is 25.7 Å². The number of hydrogen-bond donors (Lipinski definition) is 2. The fraction of sp³-hybridized carbons (Fsp3) is 0.588. The van der Waals surface area contributed by atoms with Gasteiger partial charge in [0, 0.05) is 12.2 Å². The highest BCUT2D eigenvalue weighted by atomic mass is 16.1. The summed E-state index contributed by atoms with van der Waals surface area (Å²) < 4.78 is 0. The van der Waals surface area contributed by atoms with Crippen molar-refractivity contribution in [2.45, 2.75) is 46.0 Å². The number of rotatable bonds is 6. The maximum absolute atomic E-state index is 12.0. The van der Waals surface area contributed by atoms with Crippen LogP contribution in [0.3, 0.4) is 0 Å². The van der Waals surface area contributed by atoms with E-state index in [0.717, 1.165) is 17.8 Å². The highest BCUT2D eigenvalue weighted by Gasteiger charge is 2.37. The van der Waals surface area contributed by atoms with Crippen LogP contribution in [0.5, 0.6) is 0 Å². The number of carbonyl (C=O) groups excluding carboxylic acids is 1. The molecule has 110 valence electrons. The van der Waals surface area contributed by atoms with Crippen molar-refractivity contribution < 1.29 is 4.79 Å². The Kier molecular flexibility index (Phi) is 4.69. The van der Waals surface area contributed by atoms with Gasteiger partial charge in [-0.1, -0.05) is 32.4 Å². The van der Waals surface area contributed by atoms with E-state index in [9.17, 15) is 4.79 Å². The summed E-state index contributed by atoms with van der Waals surface area (Å²) in [6.07, 6.45) is 5.48. The molecule has 1 aliphatic carbocycles. The van der Waals surface area contributed by atoms with Gasteiger partial charge in [0.15, 0.2) is 0 Å². The number of carbonyl (C=O) groups is 1. The fourth-order valence-corrected chi connectivity index (χ4v) is 3.17. The summed E-state index contributed by atoms with van der Waals surface area (Å²) in [5.74, 6) is 0.814. The first kappa shape index (κ1) is 14.9. The zero-order chi connectivity index (χ0) is 14.6. The van der Waals surface area contributed by atoms with Gasteiger partial charge in [0.25, 0.3) is 0 Å². The van der Waals surface area contributed by atoms with Crippen molar-refractivity contribution in [2.24, 2.45) is 11.3 Å². The largest absolute Gasteiger partial charge is 0.399 e. The lowest BCUT2D eigenvalue weighted by Gasteiger charge is -2.43. The quantitative estimate of drug-likeness (QED) is 0.783. The molecule has 20 heavy (non-hydrogen) atoms. The number of amides is 1. The molecule has 1 amide bonds. The van der Waals surface area contributed by atoms with Gasteiger partial charge < -0.3 is 11.1 Å². The third-order valence-corrected chi connectivity index (χ3v) is 4.26. The van der Waals surface area contributed by atoms with Gasteiger partial charge in [-0.15, -0.1) is 0 Å². The Balaban J connectivity index is 1.81. The minimum atomic E-state index is 0.116. The lowest BCUT2D eigenvalue weighted by molar-refractivity contribution is -0.121. The van der Waals surface area contributed by atoms with Crippen LogP contribution in [0.2, 0.25) is 0 Å². The van der Waals surface area contributed by atoms with Gasteiger partial charge in [-0.3, -0.25) is 4.79 Å². The topological polar surface area (TPSA) is 55.1 Å². The number of anilines is 1. The van der Waals surface area contributed by atoms with E-state index < -0.39 is 0 Å². The number of nitrogens with one attached hydrogen (secondary N) is 1. The van der Waals surface area contributed by atoms with Crippen molar-refractivity contribution in [3.05, 3.63) is 29.8 Å². The number of benzene rings is 1.